The van der Waals surface area contributed by atoms with E-state index in [2.05, 4.69) is 20.4 Å². The van der Waals surface area contributed by atoms with Crippen molar-refractivity contribution in [3.63, 3.8) is 0 Å². The lowest BCUT2D eigenvalue weighted by Crippen LogP contribution is -2.36. The maximum atomic E-state index is 12.1. The quantitative estimate of drug-likeness (QED) is 0.661. The predicted octanol–water partition coefficient (Wildman–Crippen LogP) is 2.87. The van der Waals surface area contributed by atoms with E-state index in [1.165, 1.54) is 0 Å². The number of amides is 1. The molecule has 0 saturated carbocycles. The van der Waals surface area contributed by atoms with E-state index in [0.29, 0.717) is 30.2 Å². The van der Waals surface area contributed by atoms with Crippen molar-refractivity contribution in [2.45, 2.75) is 0 Å². The number of carbonyl (C=O) groups is 1. The number of hydrogen-bond acceptors (Lipinski definition) is 7. The number of carbonyl (C=O) groups excluding carboxylic acids is 1. The van der Waals surface area contributed by atoms with E-state index in [4.69, 9.17) is 14.7 Å². The largest absolute Gasteiger partial charge is 0.484 e. The van der Waals surface area contributed by atoms with Gasteiger partial charge in [0.1, 0.15) is 5.75 Å². The van der Waals surface area contributed by atoms with Crippen LogP contribution >= 0.6 is 0 Å². The molecule has 0 aliphatic carbocycles. The summed E-state index contributed by atoms with van der Waals surface area (Å²) in [6.45, 7) is 2.92. The Morgan fingerprint density at radius 2 is 1.77 bits per heavy atom. The summed E-state index contributed by atoms with van der Waals surface area (Å²) in [6.07, 6.45) is 0. The summed E-state index contributed by atoms with van der Waals surface area (Å²) in [5.74, 6) is 1.11. The van der Waals surface area contributed by atoms with Crippen molar-refractivity contribution in [2.75, 3.05) is 43.1 Å². The Hall–Kier alpha value is -3.96. The number of ether oxygens (including phenoxy) is 2. The maximum absolute atomic E-state index is 12.1. The van der Waals surface area contributed by atoms with Crippen LogP contribution in [0.1, 0.15) is 5.56 Å². The van der Waals surface area contributed by atoms with E-state index >= 15 is 0 Å². The molecular weight excluding hydrogens is 394 g/mol. The summed E-state index contributed by atoms with van der Waals surface area (Å²) in [4.78, 5) is 14.3. The number of hydrogen-bond donors (Lipinski definition) is 1. The van der Waals surface area contributed by atoms with Crippen molar-refractivity contribution in [2.24, 2.45) is 0 Å². The van der Waals surface area contributed by atoms with Crippen LogP contribution < -0.4 is 15.0 Å². The first-order chi connectivity index (χ1) is 15.2. The van der Waals surface area contributed by atoms with Crippen LogP contribution in [0.15, 0.2) is 60.7 Å². The van der Waals surface area contributed by atoms with Gasteiger partial charge in [-0.05, 0) is 48.5 Å². The van der Waals surface area contributed by atoms with Gasteiger partial charge in [0.15, 0.2) is 12.4 Å². The van der Waals surface area contributed by atoms with E-state index in [-0.39, 0.29) is 12.5 Å². The molecule has 0 atom stereocenters. The normalized spacial score (nSPS) is 13.3. The molecular formula is C23H21N5O3. The van der Waals surface area contributed by atoms with Crippen LogP contribution in [0.5, 0.6) is 5.75 Å². The van der Waals surface area contributed by atoms with Gasteiger partial charge in [0.25, 0.3) is 5.91 Å². The highest BCUT2D eigenvalue weighted by atomic mass is 16.5. The van der Waals surface area contributed by atoms with Crippen LogP contribution in [0.2, 0.25) is 0 Å². The molecule has 8 heteroatoms. The molecule has 2 heterocycles. The molecule has 1 saturated heterocycles. The van der Waals surface area contributed by atoms with Crippen molar-refractivity contribution in [3.8, 4) is 23.1 Å². The molecule has 0 radical (unpaired) electrons. The Morgan fingerprint density at radius 1 is 1.03 bits per heavy atom. The average molecular weight is 415 g/mol. The Balaban J connectivity index is 1.31. The first-order valence-electron chi connectivity index (χ1n) is 9.91. The second-order valence-electron chi connectivity index (χ2n) is 6.93. The van der Waals surface area contributed by atoms with Crippen molar-refractivity contribution in [1.29, 1.82) is 5.26 Å². The summed E-state index contributed by atoms with van der Waals surface area (Å²) in [5.41, 5.74) is 2.87. The molecule has 31 heavy (non-hydrogen) atoms. The highest BCUT2D eigenvalue weighted by molar-refractivity contribution is 5.92. The fourth-order valence-electron chi connectivity index (χ4n) is 3.14. The van der Waals surface area contributed by atoms with E-state index < -0.39 is 0 Å². The van der Waals surface area contributed by atoms with E-state index in [0.717, 1.165) is 30.2 Å². The highest BCUT2D eigenvalue weighted by Crippen LogP contribution is 2.21. The van der Waals surface area contributed by atoms with Crippen molar-refractivity contribution >= 4 is 17.4 Å². The second kappa shape index (κ2) is 9.69. The number of benzene rings is 2. The third-order valence-electron chi connectivity index (χ3n) is 4.80. The summed E-state index contributed by atoms with van der Waals surface area (Å²) < 4.78 is 10.8. The van der Waals surface area contributed by atoms with Gasteiger partial charge in [-0.25, -0.2) is 0 Å². The molecule has 156 valence electrons. The minimum Gasteiger partial charge on any atom is -0.484 e. The molecule has 8 nitrogen and oxygen atoms in total. The van der Waals surface area contributed by atoms with Gasteiger partial charge in [-0.15, -0.1) is 10.2 Å². The zero-order valence-corrected chi connectivity index (χ0v) is 16.8. The average Bonchev–Trinajstić information content (AvgIpc) is 2.84. The van der Waals surface area contributed by atoms with Gasteiger partial charge in [0.05, 0.1) is 30.5 Å². The van der Waals surface area contributed by atoms with Crippen LogP contribution in [0.3, 0.4) is 0 Å². The molecule has 1 aliphatic heterocycles. The van der Waals surface area contributed by atoms with Crippen molar-refractivity contribution in [3.05, 3.63) is 66.2 Å². The van der Waals surface area contributed by atoms with Gasteiger partial charge in [-0.1, -0.05) is 12.1 Å². The molecule has 1 fully saturated rings. The second-order valence-corrected chi connectivity index (χ2v) is 6.93. The van der Waals surface area contributed by atoms with Gasteiger partial charge in [-0.3, -0.25) is 4.79 Å². The third-order valence-corrected chi connectivity index (χ3v) is 4.80. The standard InChI is InChI=1S/C23H21N5O3/c24-15-17-1-7-20(8-2-17)31-16-23(29)25-19-5-3-18(4-6-19)21-9-10-22(27-26-21)28-11-13-30-14-12-28/h1-10H,11-14,16H2,(H,25,29). The predicted molar refractivity (Wildman–Crippen MR) is 116 cm³/mol. The molecule has 4 rings (SSSR count). The minimum absolute atomic E-state index is 0.123. The summed E-state index contributed by atoms with van der Waals surface area (Å²) >= 11 is 0. The summed E-state index contributed by atoms with van der Waals surface area (Å²) in [7, 11) is 0. The monoisotopic (exact) mass is 415 g/mol. The van der Waals surface area contributed by atoms with Gasteiger partial charge in [-0.2, -0.15) is 5.26 Å². The highest BCUT2D eigenvalue weighted by Gasteiger charge is 2.13. The molecule has 1 aromatic heterocycles. The lowest BCUT2D eigenvalue weighted by atomic mass is 10.1. The van der Waals surface area contributed by atoms with Gasteiger partial charge >= 0.3 is 0 Å². The van der Waals surface area contributed by atoms with Crippen molar-refractivity contribution in [1.82, 2.24) is 10.2 Å². The first-order valence-corrected chi connectivity index (χ1v) is 9.91. The number of rotatable bonds is 6. The lowest BCUT2D eigenvalue weighted by molar-refractivity contribution is -0.118. The van der Waals surface area contributed by atoms with Gasteiger partial charge in [0, 0.05) is 24.3 Å². The third kappa shape index (κ3) is 5.35. The maximum Gasteiger partial charge on any atom is 0.262 e. The number of aromatic nitrogens is 2. The summed E-state index contributed by atoms with van der Waals surface area (Å²) in [5, 5.41) is 20.3. The fraction of sp³-hybridized carbons (Fsp3) is 0.217. The number of morpholine rings is 1. The van der Waals surface area contributed by atoms with E-state index in [1.807, 2.05) is 42.5 Å². The Kier molecular flexibility index (Phi) is 6.35. The zero-order chi connectivity index (χ0) is 21.5. The van der Waals surface area contributed by atoms with Crippen molar-refractivity contribution < 1.29 is 14.3 Å². The van der Waals surface area contributed by atoms with Gasteiger partial charge < -0.3 is 19.7 Å². The minimum atomic E-state index is -0.272. The number of nitriles is 1. The molecule has 1 amide bonds. The first kappa shape index (κ1) is 20.3. The zero-order valence-electron chi connectivity index (χ0n) is 16.8. The van der Waals surface area contributed by atoms with Crippen LogP contribution in [-0.2, 0) is 9.53 Å². The molecule has 2 aromatic carbocycles. The number of anilines is 2. The Bertz CT molecular complexity index is 1050. The van der Waals surface area contributed by atoms with E-state index in [1.54, 1.807) is 24.3 Å². The number of nitrogens with one attached hydrogen (secondary N) is 1. The number of nitrogens with zero attached hydrogens (tertiary/aromatic N) is 4. The Morgan fingerprint density at radius 3 is 2.42 bits per heavy atom. The Labute approximate surface area is 180 Å². The smallest absolute Gasteiger partial charge is 0.262 e. The molecule has 1 N–H and O–H groups in total. The molecule has 1 aliphatic rings. The SMILES string of the molecule is N#Cc1ccc(OCC(=O)Nc2ccc(-c3ccc(N4CCOCC4)nn3)cc2)cc1. The molecule has 0 spiro atoms. The van der Waals surface area contributed by atoms with E-state index in [9.17, 15) is 4.79 Å². The fourth-order valence-corrected chi connectivity index (χ4v) is 3.14. The lowest BCUT2D eigenvalue weighted by Gasteiger charge is -2.27. The molecule has 0 bridgehead atoms. The molecule has 0 unspecified atom stereocenters. The van der Waals surface area contributed by atoms with Crippen LogP contribution in [0, 0.1) is 11.3 Å². The molecule has 3 aromatic rings. The topological polar surface area (TPSA) is 100 Å². The van der Waals surface area contributed by atoms with Crippen LogP contribution in [0.25, 0.3) is 11.3 Å². The van der Waals surface area contributed by atoms with Crippen LogP contribution in [0.4, 0.5) is 11.5 Å². The van der Waals surface area contributed by atoms with Gasteiger partial charge in [0.2, 0.25) is 0 Å². The summed E-state index contributed by atoms with van der Waals surface area (Å²) in [6, 6.07) is 19.9. The van der Waals surface area contributed by atoms with Crippen LogP contribution in [-0.4, -0.2) is 49.0 Å².